The average Bonchev–Trinajstić information content (AvgIpc) is 2.48. The number of hydrogen-bond acceptors (Lipinski definition) is 4. The van der Waals surface area contributed by atoms with Crippen LogP contribution < -0.4 is 10.1 Å². The summed E-state index contributed by atoms with van der Waals surface area (Å²) in [5.41, 5.74) is 0. The lowest BCUT2D eigenvalue weighted by Crippen LogP contribution is -2.30. The third-order valence-corrected chi connectivity index (χ3v) is 3.71. The van der Waals surface area contributed by atoms with Gasteiger partial charge in [0.1, 0.15) is 6.61 Å². The van der Waals surface area contributed by atoms with E-state index in [1.165, 1.54) is 24.8 Å². The van der Waals surface area contributed by atoms with E-state index in [-0.39, 0.29) is 24.3 Å². The summed E-state index contributed by atoms with van der Waals surface area (Å²) in [6.07, 6.45) is 5.79. The minimum absolute atomic E-state index is 0.0342. The first-order valence-electron chi connectivity index (χ1n) is 7.37. The maximum Gasteiger partial charge on any atom is 0.387 e. The Hall–Kier alpha value is -1.76. The summed E-state index contributed by atoms with van der Waals surface area (Å²) in [6, 6.07) is 2.77. The molecule has 1 N–H and O–H groups in total. The number of hydrogen-bond donors (Lipinski definition) is 1. The van der Waals surface area contributed by atoms with Gasteiger partial charge in [-0.25, -0.2) is 4.98 Å². The second-order valence-corrected chi connectivity index (χ2v) is 5.39. The maximum absolute atomic E-state index is 12.3. The van der Waals surface area contributed by atoms with Gasteiger partial charge in [-0.05, 0) is 30.9 Å². The van der Waals surface area contributed by atoms with E-state index in [4.69, 9.17) is 4.74 Å². The number of alkyl halides is 2. The average molecular weight is 314 g/mol. The van der Waals surface area contributed by atoms with E-state index in [0.29, 0.717) is 5.92 Å². The second-order valence-electron chi connectivity index (χ2n) is 5.39. The molecule has 0 bridgehead atoms. The first kappa shape index (κ1) is 16.6. The molecule has 7 heteroatoms. The van der Waals surface area contributed by atoms with Gasteiger partial charge in [-0.3, -0.25) is 4.79 Å². The Labute approximate surface area is 128 Å². The Kier molecular flexibility index (Phi) is 6.06. The number of carbonyl (C=O) groups is 1. The SMILES string of the molecule is C[C@H]1CCCC[C@H]1OCC(=O)Nc1ncccc1OC(F)F. The highest BCUT2D eigenvalue weighted by atomic mass is 19.3. The highest BCUT2D eigenvalue weighted by molar-refractivity contribution is 5.92. The van der Waals surface area contributed by atoms with E-state index in [1.807, 2.05) is 0 Å². The van der Waals surface area contributed by atoms with Crippen molar-refractivity contribution in [2.45, 2.75) is 45.3 Å². The van der Waals surface area contributed by atoms with Gasteiger partial charge in [-0.1, -0.05) is 19.8 Å². The minimum Gasteiger partial charge on any atom is -0.431 e. The number of carbonyl (C=O) groups excluding carboxylic acids is 1. The largest absolute Gasteiger partial charge is 0.431 e. The molecule has 1 saturated carbocycles. The Balaban J connectivity index is 1.86. The molecule has 0 spiro atoms. The van der Waals surface area contributed by atoms with Crippen molar-refractivity contribution in [3.8, 4) is 5.75 Å². The molecule has 5 nitrogen and oxygen atoms in total. The summed E-state index contributed by atoms with van der Waals surface area (Å²) < 4.78 is 34.5. The molecule has 1 aliphatic carbocycles. The first-order chi connectivity index (χ1) is 10.6. The monoisotopic (exact) mass is 314 g/mol. The Morgan fingerprint density at radius 2 is 2.23 bits per heavy atom. The molecule has 1 aliphatic rings. The summed E-state index contributed by atoms with van der Waals surface area (Å²) in [5.74, 6) is -0.213. The number of halogens is 2. The molecule has 0 aliphatic heterocycles. The molecule has 0 aromatic carbocycles. The molecule has 0 saturated heterocycles. The molecule has 22 heavy (non-hydrogen) atoms. The standard InChI is InChI=1S/C15H20F2N2O3/c1-10-5-2-3-6-11(10)21-9-13(20)19-14-12(22-15(16)17)7-4-8-18-14/h4,7-8,10-11,15H,2-3,5-6,9H2,1H3,(H,18,19,20)/t10-,11+/m0/s1. The zero-order chi connectivity index (χ0) is 15.9. The van der Waals surface area contributed by atoms with E-state index < -0.39 is 12.5 Å². The van der Waals surface area contributed by atoms with E-state index in [1.54, 1.807) is 0 Å². The Morgan fingerprint density at radius 3 is 2.95 bits per heavy atom. The molecule has 1 amide bonds. The van der Waals surface area contributed by atoms with Crippen molar-refractivity contribution in [2.24, 2.45) is 5.92 Å². The van der Waals surface area contributed by atoms with Crippen molar-refractivity contribution in [3.63, 3.8) is 0 Å². The first-order valence-corrected chi connectivity index (χ1v) is 7.37. The van der Waals surface area contributed by atoms with E-state index in [0.717, 1.165) is 19.3 Å². The number of amides is 1. The van der Waals surface area contributed by atoms with Crippen molar-refractivity contribution < 1.29 is 23.0 Å². The predicted molar refractivity (Wildman–Crippen MR) is 76.9 cm³/mol. The molecule has 1 aromatic rings. The number of anilines is 1. The van der Waals surface area contributed by atoms with E-state index in [2.05, 4.69) is 22.0 Å². The lowest BCUT2D eigenvalue weighted by molar-refractivity contribution is -0.124. The molecule has 0 unspecified atom stereocenters. The third kappa shape index (κ3) is 4.91. The lowest BCUT2D eigenvalue weighted by atomic mass is 9.88. The molecule has 1 fully saturated rings. The van der Waals surface area contributed by atoms with Crippen LogP contribution in [0, 0.1) is 5.92 Å². The highest BCUT2D eigenvalue weighted by Crippen LogP contribution is 2.26. The summed E-state index contributed by atoms with van der Waals surface area (Å²) in [7, 11) is 0. The van der Waals surface area contributed by atoms with E-state index >= 15 is 0 Å². The lowest BCUT2D eigenvalue weighted by Gasteiger charge is -2.28. The van der Waals surface area contributed by atoms with E-state index in [9.17, 15) is 13.6 Å². The van der Waals surface area contributed by atoms with Crippen LogP contribution in [0.2, 0.25) is 0 Å². The summed E-state index contributed by atoms with van der Waals surface area (Å²) >= 11 is 0. The number of nitrogens with one attached hydrogen (secondary N) is 1. The fraction of sp³-hybridized carbons (Fsp3) is 0.600. The molecular formula is C15H20F2N2O3. The van der Waals surface area contributed by atoms with Crippen LogP contribution in [0.1, 0.15) is 32.6 Å². The zero-order valence-corrected chi connectivity index (χ0v) is 12.4. The molecule has 2 atom stereocenters. The van der Waals surface area contributed by atoms with Crippen molar-refractivity contribution in [1.29, 1.82) is 0 Å². The molecule has 0 radical (unpaired) electrons. The topological polar surface area (TPSA) is 60.5 Å². The number of aromatic nitrogens is 1. The van der Waals surface area contributed by atoms with Crippen molar-refractivity contribution in [2.75, 3.05) is 11.9 Å². The molecule has 1 aromatic heterocycles. The number of ether oxygens (including phenoxy) is 2. The van der Waals surface area contributed by atoms with Gasteiger partial charge in [0.05, 0.1) is 6.10 Å². The van der Waals surface area contributed by atoms with Crippen molar-refractivity contribution in [3.05, 3.63) is 18.3 Å². The minimum atomic E-state index is -2.97. The summed E-state index contributed by atoms with van der Waals surface area (Å²) in [6.45, 7) is -0.992. The summed E-state index contributed by atoms with van der Waals surface area (Å²) in [5, 5.41) is 2.44. The van der Waals surface area contributed by atoms with Crippen LogP contribution in [0.25, 0.3) is 0 Å². The Bertz CT molecular complexity index is 499. The third-order valence-electron chi connectivity index (χ3n) is 3.71. The molecule has 122 valence electrons. The fourth-order valence-corrected chi connectivity index (χ4v) is 2.56. The molecule has 2 rings (SSSR count). The number of rotatable bonds is 6. The van der Waals surface area contributed by atoms with Crippen LogP contribution in [0.5, 0.6) is 5.75 Å². The molecule has 1 heterocycles. The van der Waals surface area contributed by atoms with Crippen LogP contribution in [0.4, 0.5) is 14.6 Å². The Morgan fingerprint density at radius 1 is 1.45 bits per heavy atom. The van der Waals surface area contributed by atoms with Crippen LogP contribution in [-0.4, -0.2) is 30.2 Å². The van der Waals surface area contributed by atoms with Gasteiger partial charge < -0.3 is 14.8 Å². The number of nitrogens with zero attached hydrogens (tertiary/aromatic N) is 1. The van der Waals surface area contributed by atoms with Crippen LogP contribution in [0.15, 0.2) is 18.3 Å². The maximum atomic E-state index is 12.3. The van der Waals surface area contributed by atoms with Gasteiger partial charge in [-0.15, -0.1) is 0 Å². The van der Waals surface area contributed by atoms with Gasteiger partial charge >= 0.3 is 6.61 Å². The zero-order valence-electron chi connectivity index (χ0n) is 12.4. The molecular weight excluding hydrogens is 294 g/mol. The van der Waals surface area contributed by atoms with Crippen molar-refractivity contribution >= 4 is 11.7 Å². The second kappa shape index (κ2) is 8.03. The smallest absolute Gasteiger partial charge is 0.387 e. The van der Waals surface area contributed by atoms with Crippen molar-refractivity contribution in [1.82, 2.24) is 4.98 Å². The van der Waals surface area contributed by atoms with Gasteiger partial charge in [-0.2, -0.15) is 8.78 Å². The van der Waals surface area contributed by atoms with Gasteiger partial charge in [0, 0.05) is 6.20 Å². The predicted octanol–water partition coefficient (Wildman–Crippen LogP) is 3.22. The number of pyridine rings is 1. The van der Waals surface area contributed by atoms with Crippen LogP contribution in [-0.2, 0) is 9.53 Å². The van der Waals surface area contributed by atoms with Gasteiger partial charge in [0.2, 0.25) is 0 Å². The normalized spacial score (nSPS) is 21.6. The van der Waals surface area contributed by atoms with Gasteiger partial charge in [0.15, 0.2) is 11.6 Å². The van der Waals surface area contributed by atoms with Crippen LogP contribution >= 0.6 is 0 Å². The summed E-state index contributed by atoms with van der Waals surface area (Å²) in [4.78, 5) is 15.7. The fourth-order valence-electron chi connectivity index (χ4n) is 2.56. The highest BCUT2D eigenvalue weighted by Gasteiger charge is 2.23. The quantitative estimate of drug-likeness (QED) is 0.876. The van der Waals surface area contributed by atoms with Crippen LogP contribution in [0.3, 0.4) is 0 Å². The van der Waals surface area contributed by atoms with Gasteiger partial charge in [0.25, 0.3) is 5.91 Å².